The maximum Gasteiger partial charge on any atom is 0.240 e. The van der Waals surface area contributed by atoms with Crippen LogP contribution in [-0.2, 0) is 21.2 Å². The smallest absolute Gasteiger partial charge is 0.240 e. The molecular weight excluding hydrogens is 336 g/mol. The Bertz CT molecular complexity index is 638. The van der Waals surface area contributed by atoms with E-state index in [1.807, 2.05) is 13.0 Å². The largest absolute Gasteiger partial charge is 0.341 e. The monoisotopic (exact) mass is 366 g/mol. The van der Waals surface area contributed by atoms with Gasteiger partial charge in [0.25, 0.3) is 0 Å². The van der Waals surface area contributed by atoms with E-state index >= 15 is 0 Å². The highest BCUT2D eigenvalue weighted by molar-refractivity contribution is 7.89. The van der Waals surface area contributed by atoms with Crippen molar-refractivity contribution in [3.05, 3.63) is 35.9 Å². The second-order valence-electron chi connectivity index (χ2n) is 6.97. The standard InChI is InChI=1S/C19H30N2O3S/c1-3-4-14-25(23,24)20-16(2)19(22)21-12-10-18(11-13-21)15-17-8-6-5-7-9-17/h5-9,16,18,20H,3-4,10-15H2,1-2H3/t16-/m0/s1. The van der Waals surface area contributed by atoms with Gasteiger partial charge in [0.2, 0.25) is 15.9 Å². The number of amides is 1. The van der Waals surface area contributed by atoms with Crippen LogP contribution in [-0.4, -0.2) is 44.1 Å². The Morgan fingerprint density at radius 3 is 2.48 bits per heavy atom. The summed E-state index contributed by atoms with van der Waals surface area (Å²) in [6.07, 6.45) is 4.41. The van der Waals surface area contributed by atoms with Crippen LogP contribution in [0.1, 0.15) is 45.1 Å². The molecule has 1 aliphatic heterocycles. The molecule has 1 fully saturated rings. The first-order valence-corrected chi connectivity index (χ1v) is 10.9. The Morgan fingerprint density at radius 1 is 1.24 bits per heavy atom. The van der Waals surface area contributed by atoms with Crippen LogP contribution < -0.4 is 4.72 Å². The fourth-order valence-corrected chi connectivity index (χ4v) is 4.72. The average Bonchev–Trinajstić information content (AvgIpc) is 2.60. The number of sulfonamides is 1. The lowest BCUT2D eigenvalue weighted by Crippen LogP contribution is -2.49. The second-order valence-corrected chi connectivity index (χ2v) is 8.84. The summed E-state index contributed by atoms with van der Waals surface area (Å²) in [6.45, 7) is 5.00. The molecule has 6 heteroatoms. The van der Waals surface area contributed by atoms with Gasteiger partial charge in [-0.2, -0.15) is 0 Å². The van der Waals surface area contributed by atoms with Gasteiger partial charge in [-0.25, -0.2) is 13.1 Å². The maximum absolute atomic E-state index is 12.5. The third kappa shape index (κ3) is 6.44. The number of carbonyl (C=O) groups is 1. The number of carbonyl (C=O) groups excluding carboxylic acids is 1. The Balaban J connectivity index is 1.80. The van der Waals surface area contributed by atoms with Crippen LogP contribution in [0.5, 0.6) is 0 Å². The fourth-order valence-electron chi connectivity index (χ4n) is 3.29. The molecule has 1 amide bonds. The van der Waals surface area contributed by atoms with Crippen LogP contribution in [0.4, 0.5) is 0 Å². The molecule has 25 heavy (non-hydrogen) atoms. The fraction of sp³-hybridized carbons (Fsp3) is 0.632. The summed E-state index contributed by atoms with van der Waals surface area (Å²) in [6, 6.07) is 9.73. The van der Waals surface area contributed by atoms with Crippen molar-refractivity contribution in [3.8, 4) is 0 Å². The first-order chi connectivity index (χ1) is 11.9. The van der Waals surface area contributed by atoms with Crippen LogP contribution in [0.2, 0.25) is 0 Å². The number of hydrogen-bond donors (Lipinski definition) is 1. The van der Waals surface area contributed by atoms with E-state index in [1.54, 1.807) is 11.8 Å². The van der Waals surface area contributed by atoms with Gasteiger partial charge in [-0.05, 0) is 44.1 Å². The molecular formula is C19H30N2O3S. The van der Waals surface area contributed by atoms with Crippen LogP contribution >= 0.6 is 0 Å². The van der Waals surface area contributed by atoms with Gasteiger partial charge in [0.1, 0.15) is 0 Å². The zero-order valence-corrected chi connectivity index (χ0v) is 16.1. The molecule has 0 radical (unpaired) electrons. The molecule has 0 aromatic heterocycles. The number of likely N-dealkylation sites (tertiary alicyclic amines) is 1. The summed E-state index contributed by atoms with van der Waals surface area (Å²) in [5.41, 5.74) is 1.34. The van der Waals surface area contributed by atoms with E-state index in [-0.39, 0.29) is 11.7 Å². The third-order valence-corrected chi connectivity index (χ3v) is 6.33. The Hall–Kier alpha value is -1.40. The van der Waals surface area contributed by atoms with Crippen molar-refractivity contribution in [2.75, 3.05) is 18.8 Å². The van der Waals surface area contributed by atoms with Crippen molar-refractivity contribution in [1.82, 2.24) is 9.62 Å². The lowest BCUT2D eigenvalue weighted by atomic mass is 9.90. The quantitative estimate of drug-likeness (QED) is 0.769. The van der Waals surface area contributed by atoms with Crippen molar-refractivity contribution < 1.29 is 13.2 Å². The molecule has 0 unspecified atom stereocenters. The minimum atomic E-state index is -3.38. The molecule has 140 valence electrons. The molecule has 1 aliphatic rings. The summed E-state index contributed by atoms with van der Waals surface area (Å²) in [5, 5.41) is 0. The summed E-state index contributed by atoms with van der Waals surface area (Å²) in [4.78, 5) is 14.3. The highest BCUT2D eigenvalue weighted by Crippen LogP contribution is 2.22. The van der Waals surface area contributed by atoms with E-state index < -0.39 is 16.1 Å². The summed E-state index contributed by atoms with van der Waals surface area (Å²) >= 11 is 0. The molecule has 1 saturated heterocycles. The molecule has 0 bridgehead atoms. The van der Waals surface area contributed by atoms with Gasteiger partial charge in [0.05, 0.1) is 11.8 Å². The van der Waals surface area contributed by atoms with E-state index in [2.05, 4.69) is 29.0 Å². The topological polar surface area (TPSA) is 66.5 Å². The van der Waals surface area contributed by atoms with Crippen molar-refractivity contribution in [2.45, 2.75) is 52.0 Å². The normalized spacial score (nSPS) is 17.4. The third-order valence-electron chi connectivity index (χ3n) is 4.79. The predicted octanol–water partition coefficient (Wildman–Crippen LogP) is 2.58. The van der Waals surface area contributed by atoms with Gasteiger partial charge in [0.15, 0.2) is 0 Å². The second kappa shape index (κ2) is 9.34. The van der Waals surface area contributed by atoms with E-state index in [0.29, 0.717) is 25.4 Å². The van der Waals surface area contributed by atoms with Crippen molar-refractivity contribution in [3.63, 3.8) is 0 Å². The van der Waals surface area contributed by atoms with Crippen molar-refractivity contribution in [1.29, 1.82) is 0 Å². The molecule has 0 saturated carbocycles. The summed E-state index contributed by atoms with van der Waals surface area (Å²) in [7, 11) is -3.38. The molecule has 1 aromatic carbocycles. The van der Waals surface area contributed by atoms with Crippen molar-refractivity contribution in [2.24, 2.45) is 5.92 Å². The van der Waals surface area contributed by atoms with Gasteiger partial charge >= 0.3 is 0 Å². The Labute approximate surface area is 151 Å². The summed E-state index contributed by atoms with van der Waals surface area (Å²) in [5.74, 6) is 0.557. The van der Waals surface area contributed by atoms with Crippen molar-refractivity contribution >= 4 is 15.9 Å². The highest BCUT2D eigenvalue weighted by Gasteiger charge is 2.28. The van der Waals surface area contributed by atoms with Gasteiger partial charge in [-0.1, -0.05) is 43.7 Å². The first-order valence-electron chi connectivity index (χ1n) is 9.24. The van der Waals surface area contributed by atoms with Crippen LogP contribution in [0.15, 0.2) is 30.3 Å². The SMILES string of the molecule is CCCCS(=O)(=O)N[C@@H](C)C(=O)N1CCC(Cc2ccccc2)CC1. The number of nitrogens with zero attached hydrogens (tertiary/aromatic N) is 1. The minimum absolute atomic E-state index is 0.0836. The van der Waals surface area contributed by atoms with Crippen LogP contribution in [0.25, 0.3) is 0 Å². The van der Waals surface area contributed by atoms with Gasteiger partial charge in [-0.3, -0.25) is 4.79 Å². The minimum Gasteiger partial charge on any atom is -0.341 e. The number of nitrogens with one attached hydrogen (secondary N) is 1. The molecule has 1 N–H and O–H groups in total. The molecule has 1 atom stereocenters. The maximum atomic E-state index is 12.5. The summed E-state index contributed by atoms with van der Waals surface area (Å²) < 4.78 is 26.4. The Morgan fingerprint density at radius 2 is 1.88 bits per heavy atom. The lowest BCUT2D eigenvalue weighted by Gasteiger charge is -2.33. The van der Waals surface area contributed by atoms with Crippen LogP contribution in [0.3, 0.4) is 0 Å². The molecule has 0 aliphatic carbocycles. The number of unbranched alkanes of at least 4 members (excludes halogenated alkanes) is 1. The predicted molar refractivity (Wildman–Crippen MR) is 101 cm³/mol. The van der Waals surface area contributed by atoms with E-state index in [0.717, 1.165) is 25.7 Å². The first kappa shape index (κ1) is 19.9. The van der Waals surface area contributed by atoms with Gasteiger partial charge in [-0.15, -0.1) is 0 Å². The molecule has 5 nitrogen and oxygen atoms in total. The number of benzene rings is 1. The van der Waals surface area contributed by atoms with E-state index in [4.69, 9.17) is 0 Å². The number of hydrogen-bond acceptors (Lipinski definition) is 3. The number of piperidine rings is 1. The van der Waals surface area contributed by atoms with E-state index in [9.17, 15) is 13.2 Å². The Kier molecular flexibility index (Phi) is 7.44. The zero-order chi connectivity index (χ0) is 18.3. The lowest BCUT2D eigenvalue weighted by molar-refractivity contribution is -0.133. The van der Waals surface area contributed by atoms with Crippen LogP contribution in [0, 0.1) is 5.92 Å². The molecule has 2 rings (SSSR count). The average molecular weight is 367 g/mol. The zero-order valence-electron chi connectivity index (χ0n) is 15.3. The number of rotatable bonds is 8. The highest BCUT2D eigenvalue weighted by atomic mass is 32.2. The van der Waals surface area contributed by atoms with Gasteiger partial charge in [0, 0.05) is 13.1 Å². The molecule has 1 aromatic rings. The molecule has 0 spiro atoms. The van der Waals surface area contributed by atoms with E-state index in [1.165, 1.54) is 5.56 Å². The van der Waals surface area contributed by atoms with Gasteiger partial charge < -0.3 is 4.90 Å². The molecule has 1 heterocycles.